The Bertz CT molecular complexity index is 617. The number of aliphatic hydroxyl groups excluding tert-OH is 1. The van der Waals surface area contributed by atoms with Gasteiger partial charge in [0.2, 0.25) is 0 Å². The normalized spacial score (nSPS) is 29.3. The number of carbonyl (C=O) groups excluding carboxylic acids is 1. The van der Waals surface area contributed by atoms with Gasteiger partial charge in [-0.1, -0.05) is 18.2 Å². The average Bonchev–Trinajstić information content (AvgIpc) is 2.98. The first-order valence-electron chi connectivity index (χ1n) is 6.68. The number of hydrogen-bond donors (Lipinski definition) is 1. The molecule has 2 heterocycles. The van der Waals surface area contributed by atoms with E-state index in [-0.39, 0.29) is 12.0 Å². The standard InChI is InChI=1S/C15H15NO2S/c17-12-5-10-7-16(8-11(10)12)15(18)14-6-9-3-1-2-4-13(9)19-14/h1-4,6,10-12,17H,5,7-8H2/t10-,11+,12+/m1/s1. The van der Waals surface area contributed by atoms with Crippen molar-refractivity contribution in [3.63, 3.8) is 0 Å². The predicted molar refractivity (Wildman–Crippen MR) is 75.3 cm³/mol. The fourth-order valence-electron chi connectivity index (χ4n) is 3.28. The fourth-order valence-corrected chi connectivity index (χ4v) is 4.31. The van der Waals surface area contributed by atoms with Crippen molar-refractivity contribution in [1.82, 2.24) is 4.90 Å². The van der Waals surface area contributed by atoms with Crippen LogP contribution in [-0.2, 0) is 0 Å². The summed E-state index contributed by atoms with van der Waals surface area (Å²) < 4.78 is 1.16. The van der Waals surface area contributed by atoms with Crippen molar-refractivity contribution in [3.8, 4) is 0 Å². The van der Waals surface area contributed by atoms with Crippen molar-refractivity contribution in [2.24, 2.45) is 11.8 Å². The summed E-state index contributed by atoms with van der Waals surface area (Å²) in [6.45, 7) is 1.54. The summed E-state index contributed by atoms with van der Waals surface area (Å²) in [5.41, 5.74) is 0. The summed E-state index contributed by atoms with van der Waals surface area (Å²) in [5.74, 6) is 0.967. The van der Waals surface area contributed by atoms with E-state index in [1.807, 2.05) is 35.2 Å². The zero-order valence-electron chi connectivity index (χ0n) is 10.5. The first kappa shape index (κ1) is 11.4. The maximum Gasteiger partial charge on any atom is 0.263 e. The SMILES string of the molecule is O=C(c1cc2ccccc2s1)N1C[C@H]2C[C@H](O)[C@H]2C1. The minimum atomic E-state index is -0.190. The molecule has 1 amide bonds. The smallest absolute Gasteiger partial charge is 0.263 e. The van der Waals surface area contributed by atoms with Crippen molar-refractivity contribution in [2.75, 3.05) is 13.1 Å². The lowest BCUT2D eigenvalue weighted by molar-refractivity contribution is -0.00426. The topological polar surface area (TPSA) is 40.5 Å². The molecule has 0 spiro atoms. The zero-order valence-corrected chi connectivity index (χ0v) is 11.3. The van der Waals surface area contributed by atoms with Gasteiger partial charge in [-0.15, -0.1) is 11.3 Å². The highest BCUT2D eigenvalue weighted by atomic mass is 32.1. The van der Waals surface area contributed by atoms with Crippen molar-refractivity contribution in [1.29, 1.82) is 0 Å². The Kier molecular flexibility index (Phi) is 2.44. The van der Waals surface area contributed by atoms with Crippen LogP contribution in [0.1, 0.15) is 16.1 Å². The molecular formula is C15H15NO2S. The van der Waals surface area contributed by atoms with Crippen LogP contribution in [0.15, 0.2) is 30.3 Å². The van der Waals surface area contributed by atoms with E-state index in [2.05, 4.69) is 0 Å². The first-order valence-corrected chi connectivity index (χ1v) is 7.50. The molecule has 19 heavy (non-hydrogen) atoms. The number of likely N-dealkylation sites (tertiary alicyclic amines) is 1. The number of fused-ring (bicyclic) bond motifs is 2. The summed E-state index contributed by atoms with van der Waals surface area (Å²) >= 11 is 1.56. The Hall–Kier alpha value is -1.39. The lowest BCUT2D eigenvalue weighted by Crippen LogP contribution is -2.39. The molecule has 2 fully saturated rings. The van der Waals surface area contributed by atoms with Gasteiger partial charge in [0.15, 0.2) is 0 Å². The minimum absolute atomic E-state index is 0.128. The third-order valence-electron chi connectivity index (χ3n) is 4.45. The molecule has 1 aromatic carbocycles. The van der Waals surface area contributed by atoms with Crippen molar-refractivity contribution >= 4 is 27.3 Å². The number of amides is 1. The van der Waals surface area contributed by atoms with Crippen LogP contribution in [0, 0.1) is 11.8 Å². The van der Waals surface area contributed by atoms with E-state index in [1.165, 1.54) is 0 Å². The highest BCUT2D eigenvalue weighted by Crippen LogP contribution is 2.41. The van der Waals surface area contributed by atoms with Gasteiger partial charge in [-0.05, 0) is 29.9 Å². The van der Waals surface area contributed by atoms with Gasteiger partial charge in [-0.25, -0.2) is 0 Å². The van der Waals surface area contributed by atoms with Crippen LogP contribution in [0.4, 0.5) is 0 Å². The summed E-state index contributed by atoms with van der Waals surface area (Å²) in [6, 6.07) is 10.1. The summed E-state index contributed by atoms with van der Waals surface area (Å²) in [4.78, 5) is 15.2. The first-order chi connectivity index (χ1) is 9.22. The summed E-state index contributed by atoms with van der Waals surface area (Å²) in [5, 5.41) is 10.8. The zero-order chi connectivity index (χ0) is 13.0. The quantitative estimate of drug-likeness (QED) is 0.866. The molecule has 2 aromatic rings. The Morgan fingerprint density at radius 1 is 1.32 bits per heavy atom. The van der Waals surface area contributed by atoms with Crippen LogP contribution in [0.3, 0.4) is 0 Å². The number of benzene rings is 1. The van der Waals surface area contributed by atoms with Crippen LogP contribution in [0.2, 0.25) is 0 Å². The van der Waals surface area contributed by atoms with Gasteiger partial charge in [0.1, 0.15) is 0 Å². The van der Waals surface area contributed by atoms with Crippen molar-refractivity contribution in [2.45, 2.75) is 12.5 Å². The van der Waals surface area contributed by atoms with Crippen LogP contribution in [0.25, 0.3) is 10.1 Å². The molecule has 1 saturated carbocycles. The third kappa shape index (κ3) is 1.70. The molecule has 1 aliphatic heterocycles. The van der Waals surface area contributed by atoms with Crippen LogP contribution in [-0.4, -0.2) is 35.1 Å². The molecule has 2 aliphatic rings. The molecule has 1 aliphatic carbocycles. The van der Waals surface area contributed by atoms with E-state index in [1.54, 1.807) is 11.3 Å². The van der Waals surface area contributed by atoms with E-state index in [9.17, 15) is 9.90 Å². The maximum atomic E-state index is 12.5. The summed E-state index contributed by atoms with van der Waals surface area (Å²) in [7, 11) is 0. The molecule has 0 radical (unpaired) electrons. The second kappa shape index (κ2) is 4.05. The Morgan fingerprint density at radius 3 is 2.89 bits per heavy atom. The van der Waals surface area contributed by atoms with Gasteiger partial charge >= 0.3 is 0 Å². The Balaban J connectivity index is 1.60. The second-order valence-corrected chi connectivity index (χ2v) is 6.67. The highest BCUT2D eigenvalue weighted by molar-refractivity contribution is 7.20. The number of carbonyl (C=O) groups is 1. The van der Waals surface area contributed by atoms with Crippen LogP contribution in [0.5, 0.6) is 0 Å². The largest absolute Gasteiger partial charge is 0.393 e. The molecule has 0 unspecified atom stereocenters. The fraction of sp³-hybridized carbons (Fsp3) is 0.400. The molecule has 3 nitrogen and oxygen atoms in total. The monoisotopic (exact) mass is 273 g/mol. The molecule has 0 bridgehead atoms. The van der Waals surface area contributed by atoms with Gasteiger partial charge < -0.3 is 10.0 Å². The number of hydrogen-bond acceptors (Lipinski definition) is 3. The second-order valence-electron chi connectivity index (χ2n) is 5.59. The maximum absolute atomic E-state index is 12.5. The molecular weight excluding hydrogens is 258 g/mol. The molecule has 98 valence electrons. The van der Waals surface area contributed by atoms with Gasteiger partial charge in [-0.2, -0.15) is 0 Å². The van der Waals surface area contributed by atoms with E-state index >= 15 is 0 Å². The van der Waals surface area contributed by atoms with Crippen LogP contribution < -0.4 is 0 Å². The predicted octanol–water partition coefficient (Wildman–Crippen LogP) is 2.35. The van der Waals surface area contributed by atoms with Gasteiger partial charge in [0, 0.05) is 23.7 Å². The highest BCUT2D eigenvalue weighted by Gasteiger charge is 2.47. The molecule has 4 rings (SSSR count). The molecule has 4 heteroatoms. The minimum Gasteiger partial charge on any atom is -0.393 e. The Labute approximate surface area is 115 Å². The molecule has 1 saturated heterocycles. The average molecular weight is 273 g/mol. The number of nitrogens with zero attached hydrogens (tertiary/aromatic N) is 1. The molecule has 1 aromatic heterocycles. The van der Waals surface area contributed by atoms with E-state index in [4.69, 9.17) is 0 Å². The molecule has 3 atom stereocenters. The van der Waals surface area contributed by atoms with Crippen LogP contribution >= 0.6 is 11.3 Å². The Morgan fingerprint density at radius 2 is 2.16 bits per heavy atom. The number of aliphatic hydroxyl groups is 1. The lowest BCUT2D eigenvalue weighted by atomic mass is 9.74. The number of rotatable bonds is 1. The van der Waals surface area contributed by atoms with E-state index in [0.29, 0.717) is 11.8 Å². The number of thiophene rings is 1. The van der Waals surface area contributed by atoms with E-state index < -0.39 is 0 Å². The molecule has 1 N–H and O–H groups in total. The van der Waals surface area contributed by atoms with E-state index in [0.717, 1.165) is 34.5 Å². The van der Waals surface area contributed by atoms with Gasteiger partial charge in [0.25, 0.3) is 5.91 Å². The van der Waals surface area contributed by atoms with Crippen molar-refractivity contribution in [3.05, 3.63) is 35.2 Å². The lowest BCUT2D eigenvalue weighted by Gasteiger charge is -2.34. The van der Waals surface area contributed by atoms with Crippen molar-refractivity contribution < 1.29 is 9.90 Å². The van der Waals surface area contributed by atoms with Gasteiger partial charge in [0.05, 0.1) is 11.0 Å². The third-order valence-corrected chi connectivity index (χ3v) is 5.56. The van der Waals surface area contributed by atoms with Gasteiger partial charge in [-0.3, -0.25) is 4.79 Å². The summed E-state index contributed by atoms with van der Waals surface area (Å²) in [6.07, 6.45) is 0.672.